The van der Waals surface area contributed by atoms with E-state index in [0.717, 1.165) is 0 Å². The lowest BCUT2D eigenvalue weighted by Crippen LogP contribution is -1.98. The summed E-state index contributed by atoms with van der Waals surface area (Å²) in [5.74, 6) is -1.06. The third-order valence-electron chi connectivity index (χ3n) is 1.17. The number of nitrogens with zero attached hydrogens (tertiary/aromatic N) is 2. The minimum absolute atomic E-state index is 0. The lowest BCUT2D eigenvalue weighted by molar-refractivity contribution is -0.130. The molecule has 72 valence electrons. The van der Waals surface area contributed by atoms with E-state index < -0.39 is 5.97 Å². The Balaban J connectivity index is 0. The van der Waals surface area contributed by atoms with Gasteiger partial charge in [-0.25, -0.2) is 14.8 Å². The quantitative estimate of drug-likeness (QED) is 0.770. The molecule has 0 saturated heterocycles. The molecule has 0 atom stereocenters. The number of hydrogen-bond donors (Lipinski definition) is 1. The molecule has 0 aliphatic rings. The Labute approximate surface area is 87.5 Å². The van der Waals surface area contributed by atoms with Crippen molar-refractivity contribution in [3.63, 3.8) is 0 Å². The van der Waals surface area contributed by atoms with E-state index in [2.05, 4.69) is 16.5 Å². The van der Waals surface area contributed by atoms with Crippen LogP contribution in [0.2, 0.25) is 0 Å². The fraction of sp³-hybridized carbons (Fsp3) is 0. The number of halogens is 2. The molecule has 1 rings (SSSR count). The summed E-state index contributed by atoms with van der Waals surface area (Å²) in [5.41, 5.74) is 0.436. The first-order valence-corrected chi connectivity index (χ1v) is 2.89. The molecule has 0 radical (unpaired) electrons. The first-order chi connectivity index (χ1) is 5.22. The number of hydrogen-bond acceptors (Lipinski definition) is 3. The average Bonchev–Trinajstić information content (AvgIpc) is 2.05. The van der Waals surface area contributed by atoms with Gasteiger partial charge in [-0.3, -0.25) is 0 Å². The predicted octanol–water partition coefficient (Wildman–Crippen LogP) is 1.42. The van der Waals surface area contributed by atoms with Crippen LogP contribution in [0.5, 0.6) is 0 Å². The number of carbonyl (C=O) groups is 1. The molecule has 0 fully saturated rings. The second kappa shape index (κ2) is 6.39. The number of aromatic nitrogens is 2. The van der Waals surface area contributed by atoms with Gasteiger partial charge >= 0.3 is 5.97 Å². The zero-order valence-electron chi connectivity index (χ0n) is 6.51. The predicted molar refractivity (Wildman–Crippen MR) is 53.2 cm³/mol. The third kappa shape index (κ3) is 3.87. The first-order valence-electron chi connectivity index (χ1n) is 2.89. The fourth-order valence-electron chi connectivity index (χ4n) is 0.578. The first kappa shape index (κ1) is 14.4. The molecule has 1 aromatic heterocycles. The standard InChI is InChI=1S/C7H6N2O2.2ClH/c1-5(7(10)11)6-2-8-4-9-3-6;;/h2-4H,1H2,(H,10,11);2*1H. The Bertz CT molecular complexity index is 290. The molecular weight excluding hydrogens is 215 g/mol. The van der Waals surface area contributed by atoms with Crippen LogP contribution < -0.4 is 0 Å². The second-order valence-electron chi connectivity index (χ2n) is 1.91. The van der Waals surface area contributed by atoms with Crippen molar-refractivity contribution in [3.05, 3.63) is 30.9 Å². The lowest BCUT2D eigenvalue weighted by atomic mass is 10.2. The minimum atomic E-state index is -1.06. The molecule has 0 saturated carbocycles. The van der Waals surface area contributed by atoms with Gasteiger partial charge < -0.3 is 5.11 Å². The van der Waals surface area contributed by atoms with Gasteiger partial charge in [0.1, 0.15) is 6.33 Å². The summed E-state index contributed by atoms with van der Waals surface area (Å²) >= 11 is 0. The maximum Gasteiger partial charge on any atom is 0.335 e. The van der Waals surface area contributed by atoms with E-state index in [1.807, 2.05) is 0 Å². The molecule has 1 aromatic rings. The second-order valence-corrected chi connectivity index (χ2v) is 1.91. The van der Waals surface area contributed by atoms with E-state index in [0.29, 0.717) is 5.56 Å². The van der Waals surface area contributed by atoms with Crippen LogP contribution in [-0.4, -0.2) is 21.0 Å². The molecule has 0 amide bonds. The molecule has 0 unspecified atom stereocenters. The van der Waals surface area contributed by atoms with Crippen molar-refractivity contribution >= 4 is 36.4 Å². The van der Waals surface area contributed by atoms with Crippen LogP contribution in [0.15, 0.2) is 25.3 Å². The molecule has 0 aliphatic carbocycles. The Kier molecular flexibility index (Phi) is 7.08. The molecule has 0 aliphatic heterocycles. The third-order valence-corrected chi connectivity index (χ3v) is 1.17. The molecule has 0 bridgehead atoms. The van der Waals surface area contributed by atoms with Crippen LogP contribution in [0.25, 0.3) is 5.57 Å². The van der Waals surface area contributed by atoms with Gasteiger partial charge in [0.25, 0.3) is 0 Å². The van der Waals surface area contributed by atoms with Crippen molar-refractivity contribution in [2.24, 2.45) is 0 Å². The summed E-state index contributed by atoms with van der Waals surface area (Å²) in [7, 11) is 0. The molecule has 13 heavy (non-hydrogen) atoms. The highest BCUT2D eigenvalue weighted by atomic mass is 35.5. The summed E-state index contributed by atoms with van der Waals surface area (Å²) in [6.45, 7) is 3.34. The number of aliphatic carboxylic acids is 1. The summed E-state index contributed by atoms with van der Waals surface area (Å²) in [6.07, 6.45) is 4.14. The molecular formula is C7H8Cl2N2O2. The van der Waals surface area contributed by atoms with Crippen molar-refractivity contribution in [2.45, 2.75) is 0 Å². The van der Waals surface area contributed by atoms with Gasteiger partial charge in [-0.2, -0.15) is 0 Å². The maximum atomic E-state index is 10.3. The summed E-state index contributed by atoms with van der Waals surface area (Å²) in [4.78, 5) is 17.7. The highest BCUT2D eigenvalue weighted by Gasteiger charge is 2.05. The zero-order valence-corrected chi connectivity index (χ0v) is 8.14. The zero-order chi connectivity index (χ0) is 8.27. The van der Waals surface area contributed by atoms with E-state index >= 15 is 0 Å². The van der Waals surface area contributed by atoms with E-state index in [1.54, 1.807) is 0 Å². The van der Waals surface area contributed by atoms with Crippen molar-refractivity contribution in [1.82, 2.24) is 9.97 Å². The fourth-order valence-corrected chi connectivity index (χ4v) is 0.578. The Morgan fingerprint density at radius 3 is 2.15 bits per heavy atom. The van der Waals surface area contributed by atoms with Gasteiger partial charge in [0, 0.05) is 18.0 Å². The largest absolute Gasteiger partial charge is 0.478 e. The molecule has 1 heterocycles. The van der Waals surface area contributed by atoms with E-state index in [9.17, 15) is 4.79 Å². The van der Waals surface area contributed by atoms with Gasteiger partial charge in [-0.05, 0) is 0 Å². The molecule has 4 nitrogen and oxygen atoms in total. The normalized spacial score (nSPS) is 7.69. The summed E-state index contributed by atoms with van der Waals surface area (Å²) in [6, 6.07) is 0. The Morgan fingerprint density at radius 2 is 1.77 bits per heavy atom. The van der Waals surface area contributed by atoms with Gasteiger partial charge in [-0.1, -0.05) is 6.58 Å². The highest BCUT2D eigenvalue weighted by molar-refractivity contribution is 6.14. The van der Waals surface area contributed by atoms with Crippen LogP contribution in [0, 0.1) is 0 Å². The van der Waals surface area contributed by atoms with E-state index in [-0.39, 0.29) is 30.4 Å². The molecule has 0 aromatic carbocycles. The van der Waals surface area contributed by atoms with Crippen LogP contribution in [-0.2, 0) is 4.79 Å². The smallest absolute Gasteiger partial charge is 0.335 e. The van der Waals surface area contributed by atoms with Crippen molar-refractivity contribution < 1.29 is 9.90 Å². The van der Waals surface area contributed by atoms with Gasteiger partial charge in [0.05, 0.1) is 5.57 Å². The molecule has 1 N–H and O–H groups in total. The van der Waals surface area contributed by atoms with E-state index in [1.165, 1.54) is 18.7 Å². The minimum Gasteiger partial charge on any atom is -0.478 e. The van der Waals surface area contributed by atoms with Crippen molar-refractivity contribution in [2.75, 3.05) is 0 Å². The molecule has 6 heteroatoms. The molecule has 0 spiro atoms. The number of rotatable bonds is 2. The van der Waals surface area contributed by atoms with Crippen LogP contribution >= 0.6 is 24.8 Å². The van der Waals surface area contributed by atoms with Crippen LogP contribution in [0.4, 0.5) is 0 Å². The van der Waals surface area contributed by atoms with Gasteiger partial charge in [-0.15, -0.1) is 24.8 Å². The topological polar surface area (TPSA) is 63.1 Å². The SMILES string of the molecule is C=C(C(=O)O)c1cncnc1.Cl.Cl. The van der Waals surface area contributed by atoms with Gasteiger partial charge in [0.2, 0.25) is 0 Å². The maximum absolute atomic E-state index is 10.3. The summed E-state index contributed by atoms with van der Waals surface area (Å²) in [5, 5.41) is 8.48. The van der Waals surface area contributed by atoms with Crippen LogP contribution in [0.3, 0.4) is 0 Å². The Morgan fingerprint density at radius 1 is 1.31 bits per heavy atom. The van der Waals surface area contributed by atoms with E-state index in [4.69, 9.17) is 5.11 Å². The van der Waals surface area contributed by atoms with Crippen molar-refractivity contribution in [1.29, 1.82) is 0 Å². The lowest BCUT2D eigenvalue weighted by Gasteiger charge is -1.95. The van der Waals surface area contributed by atoms with Crippen LogP contribution in [0.1, 0.15) is 5.56 Å². The average molecular weight is 223 g/mol. The van der Waals surface area contributed by atoms with Gasteiger partial charge in [0.15, 0.2) is 0 Å². The summed E-state index contributed by atoms with van der Waals surface area (Å²) < 4.78 is 0. The Hall–Kier alpha value is -1.13. The number of carboxylic acid groups (broad SMARTS) is 1. The highest BCUT2D eigenvalue weighted by Crippen LogP contribution is 2.07. The number of carboxylic acids is 1. The monoisotopic (exact) mass is 222 g/mol. The van der Waals surface area contributed by atoms with Crippen molar-refractivity contribution in [3.8, 4) is 0 Å².